The molecule has 2 heterocycles. The van der Waals surface area contributed by atoms with Gasteiger partial charge in [-0.2, -0.15) is 0 Å². The number of imidazole rings is 1. The smallest absolute Gasteiger partial charge is 0.198 e. The first-order valence-corrected chi connectivity index (χ1v) is 5.46. The summed E-state index contributed by atoms with van der Waals surface area (Å²) < 4.78 is 24.1. The molecule has 2 aromatic heterocycles. The highest BCUT2D eigenvalue weighted by atomic mass is 32.2. The average molecular weight is 197 g/mol. The Bertz CT molecular complexity index is 544. The van der Waals surface area contributed by atoms with E-state index < -0.39 is 9.84 Å². The Balaban J connectivity index is 2.91. The van der Waals surface area contributed by atoms with Gasteiger partial charge in [-0.05, 0) is 0 Å². The van der Waals surface area contributed by atoms with E-state index in [9.17, 15) is 8.42 Å². The van der Waals surface area contributed by atoms with Crippen LogP contribution in [0.2, 0.25) is 0 Å². The zero-order valence-electron chi connectivity index (χ0n) is 6.88. The highest BCUT2D eigenvalue weighted by Gasteiger charge is 2.14. The second kappa shape index (κ2) is 2.53. The van der Waals surface area contributed by atoms with E-state index in [1.54, 1.807) is 16.8 Å². The van der Waals surface area contributed by atoms with E-state index >= 15 is 0 Å². The molecule has 0 aliphatic rings. The van der Waals surface area contributed by atoms with Gasteiger partial charge in [0.15, 0.2) is 20.5 Å². The summed E-state index contributed by atoms with van der Waals surface area (Å²) in [5.41, 5.74) is 0.366. The average Bonchev–Trinajstić information content (AvgIpc) is 2.48. The summed E-state index contributed by atoms with van der Waals surface area (Å²) in [6, 6.07) is 0. The van der Waals surface area contributed by atoms with Crippen molar-refractivity contribution in [2.45, 2.75) is 5.03 Å². The van der Waals surface area contributed by atoms with Crippen LogP contribution in [0.25, 0.3) is 5.65 Å². The Morgan fingerprint density at radius 2 is 1.85 bits per heavy atom. The van der Waals surface area contributed by atoms with Crippen LogP contribution in [0.1, 0.15) is 0 Å². The van der Waals surface area contributed by atoms with Crippen molar-refractivity contribution in [1.29, 1.82) is 0 Å². The first kappa shape index (κ1) is 8.18. The number of nitrogens with zero attached hydrogens (tertiary/aromatic N) is 3. The van der Waals surface area contributed by atoms with Gasteiger partial charge in [0.25, 0.3) is 0 Å². The standard InChI is InChI=1S/C7H7N3O2S/c1-13(11,12)7-6-8-2-4-10(6)5-3-9-7/h2-5H,1H3. The predicted octanol–water partition coefficient (Wildman–Crippen LogP) is 0.133. The predicted molar refractivity (Wildman–Crippen MR) is 46.1 cm³/mol. The van der Waals surface area contributed by atoms with Crippen LogP contribution in [0, 0.1) is 0 Å². The van der Waals surface area contributed by atoms with Gasteiger partial charge >= 0.3 is 0 Å². The van der Waals surface area contributed by atoms with Gasteiger partial charge in [0.1, 0.15) is 0 Å². The van der Waals surface area contributed by atoms with Gasteiger partial charge < -0.3 is 4.40 Å². The molecule has 0 N–H and O–H groups in total. The summed E-state index contributed by atoms with van der Waals surface area (Å²) in [6.45, 7) is 0. The first-order chi connectivity index (χ1) is 6.09. The van der Waals surface area contributed by atoms with Crippen LogP contribution in [0.4, 0.5) is 0 Å². The molecular weight excluding hydrogens is 190 g/mol. The molecule has 0 radical (unpaired) electrons. The highest BCUT2D eigenvalue weighted by molar-refractivity contribution is 7.90. The number of hydrogen-bond donors (Lipinski definition) is 0. The fourth-order valence-corrected chi connectivity index (χ4v) is 1.83. The Hall–Kier alpha value is -1.43. The molecule has 0 fully saturated rings. The van der Waals surface area contributed by atoms with Gasteiger partial charge in [0.2, 0.25) is 0 Å². The summed E-state index contributed by atoms with van der Waals surface area (Å²) in [6.07, 6.45) is 7.41. The fraction of sp³-hybridized carbons (Fsp3) is 0.143. The van der Waals surface area contributed by atoms with E-state index in [1.165, 1.54) is 12.4 Å². The maximum Gasteiger partial charge on any atom is 0.198 e. The maximum absolute atomic E-state index is 11.2. The molecule has 0 unspecified atom stereocenters. The normalized spacial score (nSPS) is 12.1. The van der Waals surface area contributed by atoms with E-state index in [2.05, 4.69) is 9.97 Å². The monoisotopic (exact) mass is 197 g/mol. The first-order valence-electron chi connectivity index (χ1n) is 3.57. The molecular formula is C7H7N3O2S. The molecule has 0 aliphatic carbocycles. The number of rotatable bonds is 1. The van der Waals surface area contributed by atoms with Gasteiger partial charge in [-0.1, -0.05) is 0 Å². The lowest BCUT2D eigenvalue weighted by molar-refractivity contribution is 0.598. The van der Waals surface area contributed by atoms with Gasteiger partial charge in [-0.15, -0.1) is 0 Å². The minimum Gasteiger partial charge on any atom is -0.303 e. The minimum absolute atomic E-state index is 0.0139. The molecule has 6 heteroatoms. The van der Waals surface area contributed by atoms with E-state index in [4.69, 9.17) is 0 Å². The lowest BCUT2D eigenvalue weighted by atomic mass is 10.7. The van der Waals surface area contributed by atoms with E-state index in [-0.39, 0.29) is 5.03 Å². The van der Waals surface area contributed by atoms with E-state index in [1.807, 2.05) is 0 Å². The van der Waals surface area contributed by atoms with Crippen LogP contribution in [0.3, 0.4) is 0 Å². The molecule has 13 heavy (non-hydrogen) atoms. The highest BCUT2D eigenvalue weighted by Crippen LogP contribution is 2.10. The SMILES string of the molecule is CS(=O)(=O)c1nccn2ccnc12. The fourth-order valence-electron chi connectivity index (χ4n) is 1.09. The summed E-state index contributed by atoms with van der Waals surface area (Å²) >= 11 is 0. The largest absolute Gasteiger partial charge is 0.303 e. The Morgan fingerprint density at radius 1 is 1.23 bits per heavy atom. The molecule has 0 bridgehead atoms. The van der Waals surface area contributed by atoms with Crippen LogP contribution in [0.5, 0.6) is 0 Å². The second-order valence-electron chi connectivity index (χ2n) is 2.66. The van der Waals surface area contributed by atoms with Gasteiger partial charge in [0, 0.05) is 31.0 Å². The summed E-state index contributed by atoms with van der Waals surface area (Å²) in [5, 5.41) is 0.0139. The van der Waals surface area contributed by atoms with Crippen molar-refractivity contribution >= 4 is 15.5 Å². The van der Waals surface area contributed by atoms with Crippen LogP contribution < -0.4 is 0 Å². The van der Waals surface area contributed by atoms with Crippen molar-refractivity contribution in [2.24, 2.45) is 0 Å². The lowest BCUT2D eigenvalue weighted by Gasteiger charge is -1.98. The topological polar surface area (TPSA) is 64.3 Å². The molecule has 68 valence electrons. The zero-order chi connectivity index (χ0) is 9.47. The molecule has 0 saturated heterocycles. The number of aromatic nitrogens is 3. The van der Waals surface area contributed by atoms with Gasteiger partial charge in [-0.3, -0.25) is 0 Å². The third kappa shape index (κ3) is 1.29. The van der Waals surface area contributed by atoms with Crippen LogP contribution >= 0.6 is 0 Å². The van der Waals surface area contributed by atoms with Crippen molar-refractivity contribution in [1.82, 2.24) is 14.4 Å². The van der Waals surface area contributed by atoms with Gasteiger partial charge in [0.05, 0.1) is 0 Å². The lowest BCUT2D eigenvalue weighted by Crippen LogP contribution is -2.03. The van der Waals surface area contributed by atoms with E-state index in [0.717, 1.165) is 6.26 Å². The molecule has 0 aliphatic heterocycles. The Morgan fingerprint density at radius 3 is 2.46 bits per heavy atom. The molecule has 0 amide bonds. The van der Waals surface area contributed by atoms with Crippen molar-refractivity contribution in [3.05, 3.63) is 24.8 Å². The third-order valence-corrected chi connectivity index (χ3v) is 2.62. The van der Waals surface area contributed by atoms with Crippen molar-refractivity contribution in [2.75, 3.05) is 6.26 Å². The van der Waals surface area contributed by atoms with Crippen molar-refractivity contribution in [3.8, 4) is 0 Å². The van der Waals surface area contributed by atoms with Crippen LogP contribution in [0.15, 0.2) is 29.8 Å². The quantitative estimate of drug-likeness (QED) is 0.652. The summed E-state index contributed by atoms with van der Waals surface area (Å²) in [5.74, 6) is 0. The number of sulfone groups is 1. The third-order valence-electron chi connectivity index (χ3n) is 1.63. The maximum atomic E-state index is 11.2. The zero-order valence-corrected chi connectivity index (χ0v) is 7.69. The van der Waals surface area contributed by atoms with Gasteiger partial charge in [-0.25, -0.2) is 18.4 Å². The molecule has 0 spiro atoms. The molecule has 0 aromatic carbocycles. The molecule has 2 rings (SSSR count). The molecule has 2 aromatic rings. The number of hydrogen-bond acceptors (Lipinski definition) is 4. The molecule has 0 saturated carbocycles. The number of fused-ring (bicyclic) bond motifs is 1. The van der Waals surface area contributed by atoms with E-state index in [0.29, 0.717) is 5.65 Å². The minimum atomic E-state index is -3.29. The Kier molecular flexibility index (Phi) is 1.59. The van der Waals surface area contributed by atoms with Crippen molar-refractivity contribution in [3.63, 3.8) is 0 Å². The summed E-state index contributed by atoms with van der Waals surface area (Å²) in [4.78, 5) is 7.69. The van der Waals surface area contributed by atoms with Crippen LogP contribution in [-0.4, -0.2) is 29.0 Å². The van der Waals surface area contributed by atoms with Crippen molar-refractivity contribution < 1.29 is 8.42 Å². The van der Waals surface area contributed by atoms with Crippen LogP contribution in [-0.2, 0) is 9.84 Å². The second-order valence-corrected chi connectivity index (χ2v) is 4.59. The molecule has 0 atom stereocenters. The molecule has 5 nitrogen and oxygen atoms in total. The summed E-state index contributed by atoms with van der Waals surface area (Å²) in [7, 11) is -3.29. The Labute approximate surface area is 75.0 Å².